The van der Waals surface area contributed by atoms with Gasteiger partial charge in [-0.25, -0.2) is 0 Å². The molecule has 2 rings (SSSR count). The Bertz CT molecular complexity index is 247. The summed E-state index contributed by atoms with van der Waals surface area (Å²) in [6, 6.07) is 0.545. The third-order valence-corrected chi connectivity index (χ3v) is 4.17. The molecule has 1 unspecified atom stereocenters. The Morgan fingerprint density at radius 1 is 1.00 bits per heavy atom. The fraction of sp³-hybridized carbons (Fsp3) is 1.00. The van der Waals surface area contributed by atoms with E-state index in [1.807, 2.05) is 0 Å². The molecule has 0 amide bonds. The summed E-state index contributed by atoms with van der Waals surface area (Å²) in [6.07, 6.45) is 0.0750. The fourth-order valence-corrected chi connectivity index (χ4v) is 3.14. The number of likely N-dealkylation sites (tertiary alicyclic amines) is 1. The zero-order chi connectivity index (χ0) is 12.5. The van der Waals surface area contributed by atoms with Crippen LogP contribution in [-0.4, -0.2) is 36.2 Å². The first kappa shape index (κ1) is 13.1. The van der Waals surface area contributed by atoms with Crippen LogP contribution in [0.2, 0.25) is 0 Å². The van der Waals surface area contributed by atoms with Crippen molar-refractivity contribution in [2.24, 2.45) is 11.7 Å². The zero-order valence-corrected chi connectivity index (χ0v) is 10.0. The van der Waals surface area contributed by atoms with Crippen molar-refractivity contribution in [2.45, 2.75) is 56.8 Å². The van der Waals surface area contributed by atoms with E-state index in [0.717, 1.165) is 25.9 Å². The Morgan fingerprint density at radius 2 is 1.65 bits per heavy atom. The summed E-state index contributed by atoms with van der Waals surface area (Å²) < 4.78 is 37.6. The van der Waals surface area contributed by atoms with E-state index < -0.39 is 12.1 Å². The van der Waals surface area contributed by atoms with Crippen LogP contribution < -0.4 is 5.73 Å². The Labute approximate surface area is 100 Å². The van der Waals surface area contributed by atoms with Gasteiger partial charge in [-0.3, -0.25) is 4.90 Å². The molecular weight excluding hydrogens is 229 g/mol. The lowest BCUT2D eigenvalue weighted by Crippen LogP contribution is -2.49. The van der Waals surface area contributed by atoms with Gasteiger partial charge in [0.25, 0.3) is 0 Å². The van der Waals surface area contributed by atoms with E-state index >= 15 is 0 Å². The maximum Gasteiger partial charge on any atom is 0.391 e. The lowest BCUT2D eigenvalue weighted by molar-refractivity contribution is -0.184. The first-order valence-electron chi connectivity index (χ1n) is 6.53. The predicted octanol–water partition coefficient (Wildman–Crippen LogP) is 2.53. The summed E-state index contributed by atoms with van der Waals surface area (Å²) >= 11 is 0. The van der Waals surface area contributed by atoms with Crippen LogP contribution >= 0.6 is 0 Å². The molecule has 1 saturated carbocycles. The van der Waals surface area contributed by atoms with E-state index in [2.05, 4.69) is 4.90 Å². The number of hydrogen-bond donors (Lipinski definition) is 1. The number of alkyl halides is 3. The normalized spacial score (nSPS) is 37.1. The van der Waals surface area contributed by atoms with Gasteiger partial charge in [0.1, 0.15) is 0 Å². The van der Waals surface area contributed by atoms with Gasteiger partial charge in [0.15, 0.2) is 0 Å². The second-order valence-corrected chi connectivity index (χ2v) is 5.44. The second kappa shape index (κ2) is 5.14. The lowest BCUT2D eigenvalue weighted by atomic mass is 9.84. The standard InChI is InChI=1S/C12H21F3N2/c13-12(14,15)9-3-5-11(6-4-9)17-7-1-2-10(16)8-17/h9-11H,1-8,16H2. The molecule has 0 aromatic heterocycles. The highest BCUT2D eigenvalue weighted by molar-refractivity contribution is 4.86. The minimum Gasteiger partial charge on any atom is -0.327 e. The molecule has 0 aromatic carbocycles. The van der Waals surface area contributed by atoms with Crippen molar-refractivity contribution < 1.29 is 13.2 Å². The predicted molar refractivity (Wildman–Crippen MR) is 60.6 cm³/mol. The van der Waals surface area contributed by atoms with E-state index in [1.54, 1.807) is 0 Å². The minimum absolute atomic E-state index is 0.212. The van der Waals surface area contributed by atoms with Crippen molar-refractivity contribution in [3.8, 4) is 0 Å². The highest BCUT2D eigenvalue weighted by Crippen LogP contribution is 2.39. The molecule has 1 saturated heterocycles. The van der Waals surface area contributed by atoms with Gasteiger partial charge in [0.05, 0.1) is 5.92 Å². The van der Waals surface area contributed by atoms with Crippen molar-refractivity contribution >= 4 is 0 Å². The molecule has 100 valence electrons. The summed E-state index contributed by atoms with van der Waals surface area (Å²) in [4.78, 5) is 2.31. The Morgan fingerprint density at radius 3 is 2.18 bits per heavy atom. The van der Waals surface area contributed by atoms with Crippen molar-refractivity contribution in [2.75, 3.05) is 13.1 Å². The third kappa shape index (κ3) is 3.35. The van der Waals surface area contributed by atoms with Crippen LogP contribution in [0.1, 0.15) is 38.5 Å². The summed E-state index contributed by atoms with van der Waals surface area (Å²) in [5.74, 6) is -1.07. The molecule has 5 heteroatoms. The van der Waals surface area contributed by atoms with E-state index in [9.17, 15) is 13.2 Å². The summed E-state index contributed by atoms with van der Waals surface area (Å²) in [7, 11) is 0. The van der Waals surface area contributed by atoms with Crippen LogP contribution in [0.4, 0.5) is 13.2 Å². The number of piperidine rings is 1. The van der Waals surface area contributed by atoms with Crippen LogP contribution in [0.25, 0.3) is 0 Å². The molecule has 17 heavy (non-hydrogen) atoms. The quantitative estimate of drug-likeness (QED) is 0.775. The fourth-order valence-electron chi connectivity index (χ4n) is 3.14. The van der Waals surface area contributed by atoms with Gasteiger partial charge < -0.3 is 5.73 Å². The first-order valence-corrected chi connectivity index (χ1v) is 6.53. The molecule has 0 bridgehead atoms. The number of halogens is 3. The largest absolute Gasteiger partial charge is 0.391 e. The SMILES string of the molecule is NC1CCCN(C2CCC(C(F)(F)F)CC2)C1. The van der Waals surface area contributed by atoms with E-state index in [4.69, 9.17) is 5.73 Å². The van der Waals surface area contributed by atoms with Gasteiger partial charge in [-0.05, 0) is 45.1 Å². The molecule has 1 aliphatic heterocycles. The van der Waals surface area contributed by atoms with Gasteiger partial charge in [-0.2, -0.15) is 13.2 Å². The molecule has 1 heterocycles. The van der Waals surface area contributed by atoms with Crippen LogP contribution in [0.15, 0.2) is 0 Å². The minimum atomic E-state index is -4.00. The van der Waals surface area contributed by atoms with E-state index in [0.29, 0.717) is 31.7 Å². The smallest absolute Gasteiger partial charge is 0.327 e. The third-order valence-electron chi connectivity index (χ3n) is 4.17. The average Bonchev–Trinajstić information content (AvgIpc) is 2.28. The molecule has 0 aromatic rings. The number of rotatable bonds is 1. The molecule has 1 atom stereocenters. The topological polar surface area (TPSA) is 29.3 Å². The van der Waals surface area contributed by atoms with Crippen molar-refractivity contribution in [1.29, 1.82) is 0 Å². The highest BCUT2D eigenvalue weighted by Gasteiger charge is 2.42. The average molecular weight is 250 g/mol. The molecule has 2 N–H and O–H groups in total. The van der Waals surface area contributed by atoms with Crippen molar-refractivity contribution in [3.05, 3.63) is 0 Å². The Balaban J connectivity index is 1.82. The number of nitrogens with zero attached hydrogens (tertiary/aromatic N) is 1. The Kier molecular flexibility index (Phi) is 3.98. The van der Waals surface area contributed by atoms with Crippen LogP contribution in [-0.2, 0) is 0 Å². The molecular formula is C12H21F3N2. The monoisotopic (exact) mass is 250 g/mol. The Hall–Kier alpha value is -0.290. The van der Waals surface area contributed by atoms with Crippen LogP contribution in [0.5, 0.6) is 0 Å². The summed E-state index contributed by atoms with van der Waals surface area (Å²) in [6.45, 7) is 1.87. The molecule has 1 aliphatic carbocycles. The first-order chi connectivity index (χ1) is 7.97. The number of hydrogen-bond acceptors (Lipinski definition) is 2. The van der Waals surface area contributed by atoms with E-state index in [-0.39, 0.29) is 6.04 Å². The number of nitrogens with two attached hydrogens (primary N) is 1. The van der Waals surface area contributed by atoms with Gasteiger partial charge in [-0.15, -0.1) is 0 Å². The molecule has 2 fully saturated rings. The zero-order valence-electron chi connectivity index (χ0n) is 10.0. The van der Waals surface area contributed by atoms with Crippen LogP contribution in [0.3, 0.4) is 0 Å². The van der Waals surface area contributed by atoms with Gasteiger partial charge in [0, 0.05) is 18.6 Å². The van der Waals surface area contributed by atoms with Gasteiger partial charge >= 0.3 is 6.18 Å². The molecule has 0 radical (unpaired) electrons. The van der Waals surface area contributed by atoms with Crippen LogP contribution in [0, 0.1) is 5.92 Å². The van der Waals surface area contributed by atoms with Gasteiger partial charge in [0.2, 0.25) is 0 Å². The summed E-state index contributed by atoms with van der Waals surface area (Å²) in [5.41, 5.74) is 5.91. The van der Waals surface area contributed by atoms with E-state index in [1.165, 1.54) is 0 Å². The second-order valence-electron chi connectivity index (χ2n) is 5.44. The maximum absolute atomic E-state index is 12.5. The molecule has 0 spiro atoms. The highest BCUT2D eigenvalue weighted by atomic mass is 19.4. The molecule has 2 nitrogen and oxygen atoms in total. The lowest BCUT2D eigenvalue weighted by Gasteiger charge is -2.40. The summed E-state index contributed by atoms with van der Waals surface area (Å²) in [5, 5.41) is 0. The van der Waals surface area contributed by atoms with Crippen molar-refractivity contribution in [1.82, 2.24) is 4.90 Å². The van der Waals surface area contributed by atoms with Crippen molar-refractivity contribution in [3.63, 3.8) is 0 Å². The maximum atomic E-state index is 12.5. The molecule has 2 aliphatic rings. The van der Waals surface area contributed by atoms with Gasteiger partial charge in [-0.1, -0.05) is 0 Å².